The molecule has 0 saturated heterocycles. The zero-order valence-electron chi connectivity index (χ0n) is 8.84. The highest BCUT2D eigenvalue weighted by Gasteiger charge is 2.27. The standard InChI is InChI=1S/C10H13F3N2O/c1-8-3-2-4-9(15-8)14-5-6-16-7-10(11,12)13/h2-4H,5-7H2,1H3,(H,14,15). The van der Waals surface area contributed by atoms with Gasteiger partial charge in [0.15, 0.2) is 0 Å². The largest absolute Gasteiger partial charge is 0.411 e. The first-order valence-electron chi connectivity index (χ1n) is 4.79. The maximum atomic E-state index is 11.7. The summed E-state index contributed by atoms with van der Waals surface area (Å²) in [6.45, 7) is 0.920. The first-order valence-corrected chi connectivity index (χ1v) is 4.79. The number of ether oxygens (including phenoxy) is 1. The van der Waals surface area contributed by atoms with Crippen LogP contribution in [-0.4, -0.2) is 30.9 Å². The van der Waals surface area contributed by atoms with E-state index in [4.69, 9.17) is 0 Å². The van der Waals surface area contributed by atoms with Crippen molar-refractivity contribution in [3.63, 3.8) is 0 Å². The number of nitrogens with one attached hydrogen (secondary N) is 1. The van der Waals surface area contributed by atoms with E-state index in [1.807, 2.05) is 19.1 Å². The van der Waals surface area contributed by atoms with Crippen molar-refractivity contribution in [3.05, 3.63) is 23.9 Å². The smallest absolute Gasteiger partial charge is 0.370 e. The number of hydrogen-bond donors (Lipinski definition) is 1. The molecule has 6 heteroatoms. The number of anilines is 1. The quantitative estimate of drug-likeness (QED) is 0.794. The van der Waals surface area contributed by atoms with Crippen LogP contribution in [-0.2, 0) is 4.74 Å². The second kappa shape index (κ2) is 5.69. The Balaban J connectivity index is 2.17. The number of nitrogens with zero attached hydrogens (tertiary/aromatic N) is 1. The molecular weight excluding hydrogens is 221 g/mol. The van der Waals surface area contributed by atoms with E-state index in [1.54, 1.807) is 6.07 Å². The van der Waals surface area contributed by atoms with Gasteiger partial charge in [-0.2, -0.15) is 13.2 Å². The lowest BCUT2D eigenvalue weighted by Gasteiger charge is -2.08. The number of hydrogen-bond acceptors (Lipinski definition) is 3. The first-order chi connectivity index (χ1) is 7.47. The third-order valence-electron chi connectivity index (χ3n) is 1.71. The maximum absolute atomic E-state index is 11.7. The topological polar surface area (TPSA) is 34.1 Å². The Morgan fingerprint density at radius 3 is 2.75 bits per heavy atom. The number of aryl methyl sites for hydroxylation is 1. The third-order valence-corrected chi connectivity index (χ3v) is 1.71. The van der Waals surface area contributed by atoms with Crippen molar-refractivity contribution in [1.82, 2.24) is 4.98 Å². The lowest BCUT2D eigenvalue weighted by molar-refractivity contribution is -0.172. The predicted octanol–water partition coefficient (Wildman–Crippen LogP) is 2.38. The van der Waals surface area contributed by atoms with E-state index < -0.39 is 12.8 Å². The molecule has 0 aliphatic heterocycles. The van der Waals surface area contributed by atoms with E-state index in [0.717, 1.165) is 5.69 Å². The molecular formula is C10H13F3N2O. The Morgan fingerprint density at radius 2 is 2.12 bits per heavy atom. The highest BCUT2D eigenvalue weighted by molar-refractivity contribution is 5.34. The van der Waals surface area contributed by atoms with Crippen LogP contribution in [0, 0.1) is 6.92 Å². The zero-order valence-corrected chi connectivity index (χ0v) is 8.84. The van der Waals surface area contributed by atoms with Gasteiger partial charge in [-0.3, -0.25) is 0 Å². The van der Waals surface area contributed by atoms with E-state index >= 15 is 0 Å². The molecule has 0 saturated carbocycles. The summed E-state index contributed by atoms with van der Waals surface area (Å²) in [6.07, 6.45) is -4.26. The van der Waals surface area contributed by atoms with E-state index in [0.29, 0.717) is 12.4 Å². The van der Waals surface area contributed by atoms with Gasteiger partial charge in [0.2, 0.25) is 0 Å². The average molecular weight is 234 g/mol. The molecule has 0 amide bonds. The summed E-state index contributed by atoms with van der Waals surface area (Å²) in [5, 5.41) is 2.87. The van der Waals surface area contributed by atoms with Gasteiger partial charge in [0.25, 0.3) is 0 Å². The van der Waals surface area contributed by atoms with Gasteiger partial charge in [-0.25, -0.2) is 4.98 Å². The van der Waals surface area contributed by atoms with Crippen molar-refractivity contribution in [2.24, 2.45) is 0 Å². The molecule has 1 heterocycles. The summed E-state index contributed by atoms with van der Waals surface area (Å²) < 4.78 is 39.5. The summed E-state index contributed by atoms with van der Waals surface area (Å²) in [6, 6.07) is 5.41. The number of rotatable bonds is 5. The van der Waals surface area contributed by atoms with Gasteiger partial charge in [0.05, 0.1) is 6.61 Å². The molecule has 16 heavy (non-hydrogen) atoms. The van der Waals surface area contributed by atoms with Gasteiger partial charge in [-0.15, -0.1) is 0 Å². The fraction of sp³-hybridized carbons (Fsp3) is 0.500. The van der Waals surface area contributed by atoms with Crippen LogP contribution in [0.4, 0.5) is 19.0 Å². The highest BCUT2D eigenvalue weighted by Crippen LogP contribution is 2.14. The SMILES string of the molecule is Cc1cccc(NCCOCC(F)(F)F)n1. The highest BCUT2D eigenvalue weighted by atomic mass is 19.4. The monoisotopic (exact) mass is 234 g/mol. The van der Waals surface area contributed by atoms with Crippen LogP contribution in [0.25, 0.3) is 0 Å². The Bertz CT molecular complexity index is 328. The maximum Gasteiger partial charge on any atom is 0.411 e. The molecule has 90 valence electrons. The van der Waals surface area contributed by atoms with Crippen molar-refractivity contribution in [1.29, 1.82) is 0 Å². The molecule has 0 aliphatic rings. The first kappa shape index (κ1) is 12.8. The Kier molecular flexibility index (Phi) is 4.54. The molecule has 0 unspecified atom stereocenters. The molecule has 1 aromatic heterocycles. The van der Waals surface area contributed by atoms with Crippen molar-refractivity contribution >= 4 is 5.82 Å². The minimum atomic E-state index is -4.26. The van der Waals surface area contributed by atoms with E-state index in [-0.39, 0.29) is 6.61 Å². The summed E-state index contributed by atoms with van der Waals surface area (Å²) in [5.74, 6) is 0.635. The molecule has 0 radical (unpaired) electrons. The third kappa shape index (κ3) is 5.55. The van der Waals surface area contributed by atoms with Crippen molar-refractivity contribution in [2.45, 2.75) is 13.1 Å². The van der Waals surface area contributed by atoms with Crippen molar-refractivity contribution in [2.75, 3.05) is 25.1 Å². The Hall–Kier alpha value is -1.30. The number of alkyl halides is 3. The molecule has 0 aliphatic carbocycles. The van der Waals surface area contributed by atoms with Crippen LogP contribution in [0.5, 0.6) is 0 Å². The molecule has 0 aromatic carbocycles. The van der Waals surface area contributed by atoms with Crippen LogP contribution in [0.15, 0.2) is 18.2 Å². The fourth-order valence-electron chi connectivity index (χ4n) is 1.08. The summed E-state index contributed by atoms with van der Waals surface area (Å²) >= 11 is 0. The zero-order chi connectivity index (χ0) is 12.0. The van der Waals surface area contributed by atoms with Gasteiger partial charge >= 0.3 is 6.18 Å². The van der Waals surface area contributed by atoms with Crippen LogP contribution in [0.2, 0.25) is 0 Å². The second-order valence-electron chi connectivity index (χ2n) is 3.26. The van der Waals surface area contributed by atoms with Gasteiger partial charge in [-0.1, -0.05) is 6.07 Å². The van der Waals surface area contributed by atoms with Crippen LogP contribution in [0.3, 0.4) is 0 Å². The molecule has 3 nitrogen and oxygen atoms in total. The molecule has 1 aromatic rings. The Labute approximate surface area is 91.6 Å². The molecule has 0 bridgehead atoms. The summed E-state index contributed by atoms with van der Waals surface area (Å²) in [4.78, 5) is 4.13. The normalized spacial score (nSPS) is 11.5. The fourth-order valence-corrected chi connectivity index (χ4v) is 1.08. The Morgan fingerprint density at radius 1 is 1.38 bits per heavy atom. The molecule has 0 spiro atoms. The summed E-state index contributed by atoms with van der Waals surface area (Å²) in [7, 11) is 0. The second-order valence-corrected chi connectivity index (χ2v) is 3.26. The van der Waals surface area contributed by atoms with Crippen molar-refractivity contribution in [3.8, 4) is 0 Å². The minimum Gasteiger partial charge on any atom is -0.370 e. The van der Waals surface area contributed by atoms with E-state index in [1.165, 1.54) is 0 Å². The van der Waals surface area contributed by atoms with Crippen molar-refractivity contribution < 1.29 is 17.9 Å². The van der Waals surface area contributed by atoms with Gasteiger partial charge in [-0.05, 0) is 19.1 Å². The summed E-state index contributed by atoms with van der Waals surface area (Å²) in [5.41, 5.74) is 0.848. The number of aromatic nitrogens is 1. The van der Waals surface area contributed by atoms with E-state index in [2.05, 4.69) is 15.0 Å². The van der Waals surface area contributed by atoms with Crippen LogP contribution in [0.1, 0.15) is 5.69 Å². The van der Waals surface area contributed by atoms with E-state index in [9.17, 15) is 13.2 Å². The lowest BCUT2D eigenvalue weighted by atomic mass is 10.4. The average Bonchev–Trinajstić information content (AvgIpc) is 2.15. The van der Waals surface area contributed by atoms with Gasteiger partial charge in [0.1, 0.15) is 12.4 Å². The minimum absolute atomic E-state index is 0.00483. The lowest BCUT2D eigenvalue weighted by Crippen LogP contribution is -2.20. The number of pyridine rings is 1. The van der Waals surface area contributed by atoms with Crippen LogP contribution >= 0.6 is 0 Å². The molecule has 1 N–H and O–H groups in total. The van der Waals surface area contributed by atoms with Crippen LogP contribution < -0.4 is 5.32 Å². The molecule has 0 fully saturated rings. The molecule has 1 rings (SSSR count). The molecule has 0 atom stereocenters. The number of halogens is 3. The van der Waals surface area contributed by atoms with Gasteiger partial charge < -0.3 is 10.1 Å². The van der Waals surface area contributed by atoms with Gasteiger partial charge in [0, 0.05) is 12.2 Å². The predicted molar refractivity (Wildman–Crippen MR) is 54.3 cm³/mol.